The van der Waals surface area contributed by atoms with Crippen molar-refractivity contribution in [3.8, 4) is 16.5 Å². The average Bonchev–Trinajstić information content (AvgIpc) is 3.39. The van der Waals surface area contributed by atoms with Crippen LogP contribution >= 0.6 is 11.3 Å². The lowest BCUT2D eigenvalue weighted by Gasteiger charge is -2.34. The number of benzene rings is 1. The topological polar surface area (TPSA) is 75.9 Å². The predicted octanol–water partition coefficient (Wildman–Crippen LogP) is 3.56. The van der Waals surface area contributed by atoms with Crippen LogP contribution in [0, 0.1) is 13.8 Å². The molecule has 1 saturated heterocycles. The predicted molar refractivity (Wildman–Crippen MR) is 118 cm³/mol. The SMILES string of the molecule is COc1cccc(CC(=O)N2CCN(C(=O)c3sc(-c4ccc(C)o4)nc3C)CC2)c1. The van der Waals surface area contributed by atoms with Gasteiger partial charge in [-0.2, -0.15) is 0 Å². The number of piperazine rings is 1. The standard InChI is InChI=1S/C23H25N3O4S/c1-15-7-8-19(30-15)22-24-16(2)21(31-22)23(28)26-11-9-25(10-12-26)20(27)14-17-5-4-6-18(13-17)29-3/h4-8,13H,9-12,14H2,1-3H3. The van der Waals surface area contributed by atoms with Gasteiger partial charge >= 0.3 is 0 Å². The maximum Gasteiger partial charge on any atom is 0.265 e. The average molecular weight is 440 g/mol. The molecular weight excluding hydrogens is 414 g/mol. The zero-order chi connectivity index (χ0) is 22.0. The molecule has 2 aromatic heterocycles. The van der Waals surface area contributed by atoms with E-state index in [9.17, 15) is 9.59 Å². The fourth-order valence-electron chi connectivity index (χ4n) is 3.62. The summed E-state index contributed by atoms with van der Waals surface area (Å²) >= 11 is 1.35. The molecule has 1 fully saturated rings. The molecule has 0 N–H and O–H groups in total. The van der Waals surface area contributed by atoms with Gasteiger partial charge in [0.05, 0.1) is 19.2 Å². The van der Waals surface area contributed by atoms with Gasteiger partial charge in [0.15, 0.2) is 10.8 Å². The highest BCUT2D eigenvalue weighted by Gasteiger charge is 2.27. The zero-order valence-corrected chi connectivity index (χ0v) is 18.7. The lowest BCUT2D eigenvalue weighted by atomic mass is 10.1. The number of aromatic nitrogens is 1. The maximum absolute atomic E-state index is 13.1. The van der Waals surface area contributed by atoms with E-state index >= 15 is 0 Å². The number of thiazole rings is 1. The number of methoxy groups -OCH3 is 1. The van der Waals surface area contributed by atoms with Gasteiger partial charge < -0.3 is 19.0 Å². The molecule has 1 aliphatic heterocycles. The van der Waals surface area contributed by atoms with Gasteiger partial charge in [0, 0.05) is 26.2 Å². The summed E-state index contributed by atoms with van der Waals surface area (Å²) in [7, 11) is 1.61. The minimum Gasteiger partial charge on any atom is -0.497 e. The Balaban J connectivity index is 1.36. The van der Waals surface area contributed by atoms with E-state index < -0.39 is 0 Å². The first-order chi connectivity index (χ1) is 14.9. The number of ether oxygens (including phenoxy) is 1. The van der Waals surface area contributed by atoms with Crippen molar-refractivity contribution >= 4 is 23.2 Å². The summed E-state index contributed by atoms with van der Waals surface area (Å²) in [6.45, 7) is 5.79. The zero-order valence-electron chi connectivity index (χ0n) is 17.9. The Hall–Kier alpha value is -3.13. The number of aryl methyl sites for hydroxylation is 2. The number of nitrogens with zero attached hydrogens (tertiary/aromatic N) is 3. The summed E-state index contributed by atoms with van der Waals surface area (Å²) in [5, 5.41) is 0.709. The van der Waals surface area contributed by atoms with Crippen LogP contribution in [0.5, 0.6) is 5.75 Å². The van der Waals surface area contributed by atoms with Crippen LogP contribution in [0.2, 0.25) is 0 Å². The number of carbonyl (C=O) groups excluding carboxylic acids is 2. The Morgan fingerprint density at radius 3 is 2.52 bits per heavy atom. The molecule has 2 amide bonds. The van der Waals surface area contributed by atoms with Crippen molar-refractivity contribution in [2.45, 2.75) is 20.3 Å². The van der Waals surface area contributed by atoms with Crippen LogP contribution in [0.1, 0.15) is 26.7 Å². The van der Waals surface area contributed by atoms with Crippen molar-refractivity contribution in [2.24, 2.45) is 0 Å². The van der Waals surface area contributed by atoms with Crippen LogP contribution in [0.4, 0.5) is 0 Å². The first kappa shape index (κ1) is 21.1. The first-order valence-electron chi connectivity index (χ1n) is 10.2. The lowest BCUT2D eigenvalue weighted by molar-refractivity contribution is -0.131. The van der Waals surface area contributed by atoms with Crippen molar-refractivity contribution in [3.05, 3.63) is 58.3 Å². The van der Waals surface area contributed by atoms with Crippen molar-refractivity contribution < 1.29 is 18.7 Å². The van der Waals surface area contributed by atoms with Crippen LogP contribution in [0.3, 0.4) is 0 Å². The van der Waals surface area contributed by atoms with Gasteiger partial charge in [0.1, 0.15) is 16.4 Å². The van der Waals surface area contributed by atoms with Gasteiger partial charge in [-0.15, -0.1) is 11.3 Å². The molecule has 1 aromatic carbocycles. The summed E-state index contributed by atoms with van der Waals surface area (Å²) in [5.41, 5.74) is 1.62. The molecule has 1 aliphatic rings. The third kappa shape index (κ3) is 4.64. The van der Waals surface area contributed by atoms with E-state index in [0.29, 0.717) is 53.9 Å². The fourth-order valence-corrected chi connectivity index (χ4v) is 4.62. The second kappa shape index (κ2) is 8.93. The highest BCUT2D eigenvalue weighted by molar-refractivity contribution is 7.17. The molecule has 4 rings (SSSR count). The van der Waals surface area contributed by atoms with Crippen LogP contribution in [0.15, 0.2) is 40.8 Å². The van der Waals surface area contributed by atoms with Gasteiger partial charge in [0.2, 0.25) is 5.91 Å². The molecule has 0 spiro atoms. The number of carbonyl (C=O) groups is 2. The third-order valence-electron chi connectivity index (χ3n) is 5.35. The number of hydrogen-bond donors (Lipinski definition) is 0. The summed E-state index contributed by atoms with van der Waals surface area (Å²) in [5.74, 6) is 2.25. The molecule has 7 nitrogen and oxygen atoms in total. The van der Waals surface area contributed by atoms with E-state index in [4.69, 9.17) is 9.15 Å². The molecule has 0 aliphatic carbocycles. The van der Waals surface area contributed by atoms with Gasteiger partial charge in [-0.05, 0) is 43.7 Å². The van der Waals surface area contributed by atoms with Gasteiger partial charge in [-0.3, -0.25) is 9.59 Å². The quantitative estimate of drug-likeness (QED) is 0.608. The Kier molecular flexibility index (Phi) is 6.08. The lowest BCUT2D eigenvalue weighted by Crippen LogP contribution is -2.51. The smallest absolute Gasteiger partial charge is 0.265 e. The van der Waals surface area contributed by atoms with Crippen LogP contribution < -0.4 is 4.74 Å². The Bertz CT molecular complexity index is 1100. The Morgan fingerprint density at radius 1 is 1.10 bits per heavy atom. The Morgan fingerprint density at radius 2 is 1.84 bits per heavy atom. The van der Waals surface area contributed by atoms with Crippen molar-refractivity contribution in [3.63, 3.8) is 0 Å². The number of furan rings is 1. The molecule has 0 saturated carbocycles. The fraction of sp³-hybridized carbons (Fsp3) is 0.348. The summed E-state index contributed by atoms with van der Waals surface area (Å²) in [6.07, 6.45) is 0.324. The van der Waals surface area contributed by atoms with Gasteiger partial charge in [-0.25, -0.2) is 4.98 Å². The van der Waals surface area contributed by atoms with Crippen molar-refractivity contribution in [1.82, 2.24) is 14.8 Å². The molecular formula is C23H25N3O4S. The van der Waals surface area contributed by atoms with Crippen molar-refractivity contribution in [2.75, 3.05) is 33.3 Å². The maximum atomic E-state index is 13.1. The largest absolute Gasteiger partial charge is 0.497 e. The van der Waals surface area contributed by atoms with Gasteiger partial charge in [-0.1, -0.05) is 12.1 Å². The van der Waals surface area contributed by atoms with Gasteiger partial charge in [0.25, 0.3) is 5.91 Å². The minimum atomic E-state index is -0.0376. The van der Waals surface area contributed by atoms with E-state index in [0.717, 1.165) is 17.1 Å². The summed E-state index contributed by atoms with van der Waals surface area (Å²) in [6, 6.07) is 11.3. The molecule has 162 valence electrons. The van der Waals surface area contributed by atoms with E-state index in [-0.39, 0.29) is 11.8 Å². The Labute approximate surface area is 185 Å². The molecule has 3 heterocycles. The molecule has 0 unspecified atom stereocenters. The molecule has 31 heavy (non-hydrogen) atoms. The molecule has 0 atom stereocenters. The number of hydrogen-bond acceptors (Lipinski definition) is 6. The van der Waals surface area contributed by atoms with Crippen molar-refractivity contribution in [1.29, 1.82) is 0 Å². The van der Waals surface area contributed by atoms with Crippen LogP contribution in [0.25, 0.3) is 10.8 Å². The number of rotatable bonds is 5. The van der Waals surface area contributed by atoms with Crippen LogP contribution in [-0.2, 0) is 11.2 Å². The highest BCUT2D eigenvalue weighted by atomic mass is 32.1. The van der Waals surface area contributed by atoms with E-state index in [1.54, 1.807) is 12.0 Å². The molecule has 0 bridgehead atoms. The van der Waals surface area contributed by atoms with E-state index in [1.165, 1.54) is 11.3 Å². The second-order valence-corrected chi connectivity index (χ2v) is 8.54. The summed E-state index contributed by atoms with van der Waals surface area (Å²) in [4.78, 5) is 34.5. The third-order valence-corrected chi connectivity index (χ3v) is 6.51. The number of amides is 2. The second-order valence-electron chi connectivity index (χ2n) is 7.55. The highest BCUT2D eigenvalue weighted by Crippen LogP contribution is 2.30. The van der Waals surface area contributed by atoms with E-state index in [1.807, 2.05) is 55.1 Å². The normalized spacial score (nSPS) is 14.0. The monoisotopic (exact) mass is 439 g/mol. The minimum absolute atomic E-state index is 0.0376. The molecule has 8 heteroatoms. The van der Waals surface area contributed by atoms with Crippen LogP contribution in [-0.4, -0.2) is 59.9 Å². The molecule has 3 aromatic rings. The first-order valence-corrected chi connectivity index (χ1v) is 11.0. The summed E-state index contributed by atoms with van der Waals surface area (Å²) < 4.78 is 10.9. The van der Waals surface area contributed by atoms with E-state index in [2.05, 4.69) is 4.98 Å². The molecule has 0 radical (unpaired) electrons.